The topological polar surface area (TPSA) is 299 Å². The fourth-order valence-electron chi connectivity index (χ4n) is 13.8. The van der Waals surface area contributed by atoms with E-state index in [0.29, 0.717) is 45.9 Å². The summed E-state index contributed by atoms with van der Waals surface area (Å²) in [7, 11) is 0. The number of aromatic nitrogens is 2. The van der Waals surface area contributed by atoms with E-state index in [1.54, 1.807) is 18.3 Å². The highest BCUT2D eigenvalue weighted by Gasteiger charge is 2.81. The Morgan fingerprint density at radius 3 is 2.59 bits per heavy atom. The van der Waals surface area contributed by atoms with Crippen LogP contribution in [0.25, 0.3) is 10.9 Å². The number of aliphatic hydroxyl groups is 6. The summed E-state index contributed by atoms with van der Waals surface area (Å²) in [5, 5.41) is 84.9. The molecule has 15 atom stereocenters. The smallest absolute Gasteiger partial charge is 0.317 e. The number of nitrogens with zero attached hydrogens (tertiary/aromatic N) is 1. The van der Waals surface area contributed by atoms with Crippen LogP contribution in [0, 0.1) is 23.7 Å². The van der Waals surface area contributed by atoms with Crippen LogP contribution in [0.15, 0.2) is 79.3 Å². The number of nitrogens with two attached hydrogens (primary N) is 1. The second-order valence-electron chi connectivity index (χ2n) is 20.3. The first-order valence-corrected chi connectivity index (χ1v) is 24.4. The van der Waals surface area contributed by atoms with Crippen molar-refractivity contribution in [1.82, 2.24) is 14.9 Å². The largest absolute Gasteiger partial charge is 0.487 e. The zero-order valence-corrected chi connectivity index (χ0v) is 38.9. The Hall–Kier alpha value is -6.80. The van der Waals surface area contributed by atoms with E-state index in [-0.39, 0.29) is 49.8 Å². The Labute approximate surface area is 415 Å². The monoisotopic (exact) mass is 1000 g/mol. The fraction of sp³-hybridized carbons (Fsp3) is 0.434. The van der Waals surface area contributed by atoms with E-state index in [0.717, 1.165) is 16.5 Å². The molecular formula is C53H52N4O16. The van der Waals surface area contributed by atoms with Gasteiger partial charge >= 0.3 is 11.9 Å². The molecular weight excluding hydrogens is 949 g/mol. The van der Waals surface area contributed by atoms with Gasteiger partial charge in [0.15, 0.2) is 35.6 Å². The summed E-state index contributed by atoms with van der Waals surface area (Å²) in [5.74, 6) is 1.38. The van der Waals surface area contributed by atoms with Crippen LogP contribution in [0.1, 0.15) is 83.1 Å². The van der Waals surface area contributed by atoms with Crippen LogP contribution in [-0.4, -0.2) is 124 Å². The highest BCUT2D eigenvalue weighted by Crippen LogP contribution is 2.68. The molecule has 8 aliphatic rings. The number of carbonyl (C=O) groups is 2. The molecule has 5 aromatic rings. The number of hydrogen-bond donors (Lipinski definition) is 10. The lowest BCUT2D eigenvalue weighted by Gasteiger charge is -2.69. The third-order valence-electron chi connectivity index (χ3n) is 16.8. The van der Waals surface area contributed by atoms with Crippen molar-refractivity contribution in [1.29, 1.82) is 0 Å². The van der Waals surface area contributed by atoms with Crippen molar-refractivity contribution in [3.8, 4) is 40.6 Å². The summed E-state index contributed by atoms with van der Waals surface area (Å²) in [5.41, 5.74) is 4.45. The summed E-state index contributed by atoms with van der Waals surface area (Å²) in [6, 6.07) is 16.7. The molecule has 1 spiro atoms. The molecule has 8 heterocycles. The highest BCUT2D eigenvalue weighted by molar-refractivity contribution is 5.90. The molecule has 380 valence electrons. The Morgan fingerprint density at radius 1 is 0.973 bits per heavy atom. The van der Waals surface area contributed by atoms with Crippen LogP contribution in [0.5, 0.6) is 28.7 Å². The molecule has 73 heavy (non-hydrogen) atoms. The van der Waals surface area contributed by atoms with Crippen molar-refractivity contribution in [2.45, 2.75) is 116 Å². The highest BCUT2D eigenvalue weighted by atomic mass is 16.7. The van der Waals surface area contributed by atoms with Gasteiger partial charge in [-0.3, -0.25) is 9.59 Å². The van der Waals surface area contributed by atoms with Crippen molar-refractivity contribution >= 4 is 22.8 Å². The minimum Gasteiger partial charge on any atom is -0.487 e. The van der Waals surface area contributed by atoms with E-state index in [1.807, 2.05) is 53.2 Å². The molecule has 20 nitrogen and oxygen atoms in total. The van der Waals surface area contributed by atoms with Crippen LogP contribution in [-0.2, 0) is 32.2 Å². The number of benzene rings is 3. The van der Waals surface area contributed by atoms with Gasteiger partial charge in [0.1, 0.15) is 60.7 Å². The summed E-state index contributed by atoms with van der Waals surface area (Å²) >= 11 is 0. The Bertz CT molecular complexity index is 3180. The molecule has 20 heteroatoms. The predicted octanol–water partition coefficient (Wildman–Crippen LogP) is 1.97. The van der Waals surface area contributed by atoms with E-state index in [1.165, 1.54) is 12.3 Å². The number of ether oxygens (including phenoxy) is 7. The van der Waals surface area contributed by atoms with Gasteiger partial charge in [0, 0.05) is 53.0 Å². The first-order valence-electron chi connectivity index (χ1n) is 24.4. The van der Waals surface area contributed by atoms with Gasteiger partial charge in [-0.25, -0.2) is 0 Å². The molecule has 3 aromatic carbocycles. The molecule has 2 aromatic heterocycles. The average Bonchev–Trinajstić information content (AvgIpc) is 4.07. The molecule has 2 saturated carbocycles. The van der Waals surface area contributed by atoms with Crippen molar-refractivity contribution in [3.05, 3.63) is 113 Å². The van der Waals surface area contributed by atoms with Gasteiger partial charge in [-0.05, 0) is 66.6 Å². The van der Waals surface area contributed by atoms with Crippen molar-refractivity contribution in [3.63, 3.8) is 0 Å². The Kier molecular flexibility index (Phi) is 10.5. The van der Waals surface area contributed by atoms with Gasteiger partial charge in [0.25, 0.3) is 0 Å². The summed E-state index contributed by atoms with van der Waals surface area (Å²) in [4.78, 5) is 28.2. The first-order chi connectivity index (χ1) is 35.3. The molecule has 1 saturated heterocycles. The molecule has 13 rings (SSSR count). The maximum absolute atomic E-state index is 13.4. The molecule has 2 aliphatic carbocycles. The lowest BCUT2D eigenvalue weighted by Crippen LogP contribution is -2.88. The van der Waals surface area contributed by atoms with Gasteiger partial charge < -0.3 is 89.5 Å². The summed E-state index contributed by atoms with van der Waals surface area (Å²) in [6.07, 6.45) is -3.36. The number of carboxylic acids is 1. The summed E-state index contributed by atoms with van der Waals surface area (Å²) in [6.45, 7) is -1.15. The number of aliphatic hydroxyl groups excluding tert-OH is 4. The van der Waals surface area contributed by atoms with E-state index in [2.05, 4.69) is 22.1 Å². The number of H-pyrrole nitrogens is 1. The normalized spacial score (nSPS) is 35.5. The second kappa shape index (κ2) is 16.6. The molecule has 0 unspecified atom stereocenters. The van der Waals surface area contributed by atoms with Crippen LogP contribution in [0.3, 0.4) is 0 Å². The van der Waals surface area contributed by atoms with Crippen molar-refractivity contribution in [2.75, 3.05) is 13.4 Å². The van der Waals surface area contributed by atoms with Crippen LogP contribution < -0.4 is 34.7 Å². The van der Waals surface area contributed by atoms with E-state index < -0.39 is 115 Å². The minimum atomic E-state index is -2.36. The molecule has 6 aliphatic heterocycles. The number of hydrogen-bond acceptors (Lipinski definition) is 17. The Morgan fingerprint density at radius 2 is 1.79 bits per heavy atom. The number of nitrogens with one attached hydrogen (secondary N) is 2. The number of carbonyl (C=O) groups excluding carboxylic acids is 1. The maximum atomic E-state index is 13.4. The van der Waals surface area contributed by atoms with Gasteiger partial charge in [-0.15, -0.1) is 0 Å². The number of rotatable bonds is 9. The number of aromatic amines is 1. The Balaban J connectivity index is 1.05. The zero-order chi connectivity index (χ0) is 50.3. The van der Waals surface area contributed by atoms with Crippen molar-refractivity contribution < 1.29 is 78.5 Å². The van der Waals surface area contributed by atoms with E-state index in [4.69, 9.17) is 38.9 Å². The lowest BCUT2D eigenvalue weighted by molar-refractivity contribution is -0.425. The molecule has 0 amide bonds. The van der Waals surface area contributed by atoms with Crippen LogP contribution >= 0.6 is 0 Å². The van der Waals surface area contributed by atoms with Gasteiger partial charge in [0.2, 0.25) is 12.0 Å². The van der Waals surface area contributed by atoms with Gasteiger partial charge in [0.05, 0.1) is 29.7 Å². The quantitative estimate of drug-likeness (QED) is 0.0437. The van der Waals surface area contributed by atoms with E-state index >= 15 is 0 Å². The minimum absolute atomic E-state index is 0.110. The standard InChI is InChI=1S/C53H52N4O16/c54-48-47(71-38(63)18-37(61)62)51(13-15-56-48)53(66)26-6-8-29-32(16-26)52(65,49(53)64)50(73-51)70-35-17-36-40(31(39(29)35)20-57-19-25-12-14-55-42(25)33(57)21-58)46-41-30-10-11-34(68-23-59)45(44(30)72-46)67-22-27(60)7-9-28(43(41)69-36)24-4-2-1-3-5-24/h1-5,10-15,17,19,26-29,32,41,43,46-50,55-56,58-60,64-66H,6,8,16,18,20-23,54H2,(H,61,62)/t26-,27-,28+,29+,32-,41-,43+,46+,47-,48+,49-,50-,51-,52-,53+/m1/s1. The predicted molar refractivity (Wildman–Crippen MR) is 251 cm³/mol. The average molecular weight is 1000 g/mol. The fourth-order valence-corrected chi connectivity index (χ4v) is 13.8. The second-order valence-corrected chi connectivity index (χ2v) is 20.3. The van der Waals surface area contributed by atoms with Crippen LogP contribution in [0.4, 0.5) is 0 Å². The molecule has 11 N–H and O–H groups in total. The third-order valence-corrected chi connectivity index (χ3v) is 16.8. The number of esters is 1. The summed E-state index contributed by atoms with van der Waals surface area (Å²) < 4.78 is 48.2. The SMILES string of the molecule is N[C@H]1NC=C[C@@]2(O[C@H]3Oc4cc5c(c(Cn6cc7cc[nH]c7c6CO)c4[C@H]4CC[C@@H]6C[C@H]4[C@@]3(O)[C@@H](O)[C@@]62O)[C@@H]2Oc3c4ccc(OCO)c3OC[C@H](O)C#C[C@@H](c3ccccc3)[C@H](O5)[C@@H]42)[C@@H]1OC(=O)CC(=O)O. The van der Waals surface area contributed by atoms with E-state index in [9.17, 15) is 45.3 Å². The third kappa shape index (κ3) is 6.43. The number of fused-ring (bicyclic) bond motifs is 9. The number of carboxylic acid groups (broad SMARTS) is 1. The van der Waals surface area contributed by atoms with Crippen molar-refractivity contribution in [2.24, 2.45) is 17.6 Å². The van der Waals surface area contributed by atoms with Gasteiger partial charge in [-0.2, -0.15) is 0 Å². The van der Waals surface area contributed by atoms with Gasteiger partial charge in [-0.1, -0.05) is 48.2 Å². The molecule has 0 radical (unpaired) electrons. The number of aliphatic carboxylic acids is 1. The zero-order valence-electron chi connectivity index (χ0n) is 38.9. The molecule has 3 fully saturated rings. The maximum Gasteiger partial charge on any atom is 0.317 e. The lowest BCUT2D eigenvalue weighted by atomic mass is 9.47. The van der Waals surface area contributed by atoms with Crippen LogP contribution in [0.2, 0.25) is 0 Å². The molecule has 8 bridgehead atoms. The first kappa shape index (κ1) is 46.0.